The lowest BCUT2D eigenvalue weighted by atomic mass is 9.99. The monoisotopic (exact) mass is 319 g/mol. The third kappa shape index (κ3) is 2.60. The molecule has 1 aliphatic rings. The largest absolute Gasteiger partial charge is 0.345 e. The summed E-state index contributed by atoms with van der Waals surface area (Å²) in [6, 6.07) is 8.25. The van der Waals surface area contributed by atoms with Crippen LogP contribution in [0.3, 0.4) is 0 Å². The number of hydrogen-bond donors (Lipinski definition) is 2. The summed E-state index contributed by atoms with van der Waals surface area (Å²) in [4.78, 5) is 8.31. The standard InChI is InChI=1S/C15H18BrN3/c1-10-14(12-6-2-3-7-13(12)16)19-15(18-10)11-5-4-8-17-9-11/h2-3,6-7,11,17H,4-5,8-9H2,1H3,(H,18,19). The average Bonchev–Trinajstić information content (AvgIpc) is 2.82. The number of halogens is 1. The van der Waals surface area contributed by atoms with Crippen molar-refractivity contribution in [2.45, 2.75) is 25.7 Å². The summed E-state index contributed by atoms with van der Waals surface area (Å²) in [5.74, 6) is 1.64. The summed E-state index contributed by atoms with van der Waals surface area (Å²) in [6.07, 6.45) is 2.45. The topological polar surface area (TPSA) is 40.7 Å². The molecule has 1 unspecified atom stereocenters. The number of piperidine rings is 1. The van der Waals surface area contributed by atoms with E-state index in [0.29, 0.717) is 5.92 Å². The smallest absolute Gasteiger partial charge is 0.111 e. The summed E-state index contributed by atoms with van der Waals surface area (Å²) in [6.45, 7) is 4.26. The van der Waals surface area contributed by atoms with Crippen LogP contribution in [0.1, 0.15) is 30.3 Å². The summed E-state index contributed by atoms with van der Waals surface area (Å²) < 4.78 is 1.10. The molecule has 1 fully saturated rings. The van der Waals surface area contributed by atoms with Crippen LogP contribution in [0.15, 0.2) is 28.7 Å². The first-order valence-corrected chi connectivity index (χ1v) is 7.57. The van der Waals surface area contributed by atoms with Gasteiger partial charge in [0.15, 0.2) is 0 Å². The van der Waals surface area contributed by atoms with E-state index in [-0.39, 0.29) is 0 Å². The Morgan fingerprint density at radius 2 is 2.16 bits per heavy atom. The molecule has 100 valence electrons. The molecule has 1 atom stereocenters. The number of aromatic amines is 1. The van der Waals surface area contributed by atoms with Gasteiger partial charge in [-0.2, -0.15) is 0 Å². The molecule has 3 rings (SSSR count). The molecule has 0 saturated carbocycles. The highest BCUT2D eigenvalue weighted by Gasteiger charge is 2.20. The lowest BCUT2D eigenvalue weighted by molar-refractivity contribution is 0.448. The second-order valence-electron chi connectivity index (χ2n) is 5.12. The van der Waals surface area contributed by atoms with Crippen molar-refractivity contribution in [3.05, 3.63) is 40.3 Å². The molecular weight excluding hydrogens is 302 g/mol. The predicted octanol–water partition coefficient (Wildman–Crippen LogP) is 3.61. The molecule has 2 N–H and O–H groups in total. The normalized spacial score (nSPS) is 19.6. The van der Waals surface area contributed by atoms with E-state index in [1.165, 1.54) is 12.8 Å². The zero-order chi connectivity index (χ0) is 13.2. The van der Waals surface area contributed by atoms with Gasteiger partial charge in [-0.25, -0.2) is 4.98 Å². The van der Waals surface area contributed by atoms with Crippen molar-refractivity contribution in [2.75, 3.05) is 13.1 Å². The van der Waals surface area contributed by atoms with E-state index in [2.05, 4.69) is 51.4 Å². The van der Waals surface area contributed by atoms with Crippen LogP contribution in [-0.4, -0.2) is 23.1 Å². The maximum Gasteiger partial charge on any atom is 0.111 e. The van der Waals surface area contributed by atoms with E-state index in [1.54, 1.807) is 0 Å². The van der Waals surface area contributed by atoms with Crippen LogP contribution in [-0.2, 0) is 0 Å². The average molecular weight is 320 g/mol. The summed E-state index contributed by atoms with van der Waals surface area (Å²) >= 11 is 3.61. The Balaban J connectivity index is 1.95. The van der Waals surface area contributed by atoms with E-state index in [0.717, 1.165) is 40.3 Å². The van der Waals surface area contributed by atoms with Crippen molar-refractivity contribution in [1.29, 1.82) is 0 Å². The van der Waals surface area contributed by atoms with Gasteiger partial charge in [-0.15, -0.1) is 0 Å². The van der Waals surface area contributed by atoms with Gasteiger partial charge in [-0.3, -0.25) is 0 Å². The number of aryl methyl sites for hydroxylation is 1. The van der Waals surface area contributed by atoms with Gasteiger partial charge in [0, 0.05) is 28.2 Å². The number of H-pyrrole nitrogens is 1. The van der Waals surface area contributed by atoms with Crippen LogP contribution in [0.2, 0.25) is 0 Å². The molecule has 1 aliphatic heterocycles. The van der Waals surface area contributed by atoms with Crippen molar-refractivity contribution >= 4 is 15.9 Å². The molecule has 0 spiro atoms. The van der Waals surface area contributed by atoms with Gasteiger partial charge < -0.3 is 10.3 Å². The summed E-state index contributed by atoms with van der Waals surface area (Å²) in [7, 11) is 0. The van der Waals surface area contributed by atoms with Gasteiger partial charge in [0.25, 0.3) is 0 Å². The van der Waals surface area contributed by atoms with Crippen LogP contribution in [0, 0.1) is 6.92 Å². The Hall–Kier alpha value is -1.13. The fraction of sp³-hybridized carbons (Fsp3) is 0.400. The fourth-order valence-electron chi connectivity index (χ4n) is 2.68. The summed E-state index contributed by atoms with van der Waals surface area (Å²) in [5.41, 5.74) is 3.37. The van der Waals surface area contributed by atoms with Crippen molar-refractivity contribution in [2.24, 2.45) is 0 Å². The Bertz CT molecular complexity index is 571. The van der Waals surface area contributed by atoms with Crippen molar-refractivity contribution in [3.63, 3.8) is 0 Å². The Morgan fingerprint density at radius 1 is 1.32 bits per heavy atom. The van der Waals surface area contributed by atoms with E-state index < -0.39 is 0 Å². The molecule has 1 aromatic heterocycles. The lowest BCUT2D eigenvalue weighted by Gasteiger charge is -2.20. The van der Waals surface area contributed by atoms with Gasteiger partial charge in [-0.1, -0.05) is 34.1 Å². The Kier molecular flexibility index (Phi) is 3.71. The molecule has 2 aromatic rings. The second kappa shape index (κ2) is 5.47. The van der Waals surface area contributed by atoms with E-state index >= 15 is 0 Å². The summed E-state index contributed by atoms with van der Waals surface area (Å²) in [5, 5.41) is 3.44. The van der Waals surface area contributed by atoms with Crippen molar-refractivity contribution in [1.82, 2.24) is 15.3 Å². The number of hydrogen-bond acceptors (Lipinski definition) is 2. The van der Waals surface area contributed by atoms with Crippen molar-refractivity contribution < 1.29 is 0 Å². The zero-order valence-corrected chi connectivity index (χ0v) is 12.6. The number of aromatic nitrogens is 2. The minimum absolute atomic E-state index is 0.517. The molecule has 1 saturated heterocycles. The third-order valence-corrected chi connectivity index (χ3v) is 4.41. The maximum absolute atomic E-state index is 4.84. The number of nitrogens with one attached hydrogen (secondary N) is 2. The highest BCUT2D eigenvalue weighted by atomic mass is 79.9. The Labute approximate surface area is 122 Å². The first kappa shape index (κ1) is 12.9. The van der Waals surface area contributed by atoms with Crippen LogP contribution >= 0.6 is 15.9 Å². The van der Waals surface area contributed by atoms with Gasteiger partial charge in [0.05, 0.1) is 5.69 Å². The molecule has 0 bridgehead atoms. The molecule has 4 heteroatoms. The van der Waals surface area contributed by atoms with E-state index in [1.807, 2.05) is 6.07 Å². The SMILES string of the molecule is Cc1[nH]c(C2CCCNC2)nc1-c1ccccc1Br. The van der Waals surface area contributed by atoms with Crippen LogP contribution in [0.4, 0.5) is 0 Å². The lowest BCUT2D eigenvalue weighted by Crippen LogP contribution is -2.28. The number of benzene rings is 1. The van der Waals surface area contributed by atoms with Crippen LogP contribution in [0.5, 0.6) is 0 Å². The predicted molar refractivity (Wildman–Crippen MR) is 81.3 cm³/mol. The van der Waals surface area contributed by atoms with E-state index in [4.69, 9.17) is 4.98 Å². The molecule has 1 aromatic carbocycles. The van der Waals surface area contributed by atoms with Crippen LogP contribution in [0.25, 0.3) is 11.3 Å². The minimum atomic E-state index is 0.517. The third-order valence-electron chi connectivity index (χ3n) is 3.72. The molecule has 3 nitrogen and oxygen atoms in total. The molecule has 0 amide bonds. The van der Waals surface area contributed by atoms with Gasteiger partial charge in [-0.05, 0) is 32.4 Å². The van der Waals surface area contributed by atoms with Gasteiger partial charge in [0.1, 0.15) is 5.82 Å². The van der Waals surface area contributed by atoms with Crippen LogP contribution < -0.4 is 5.32 Å². The minimum Gasteiger partial charge on any atom is -0.345 e. The fourth-order valence-corrected chi connectivity index (χ4v) is 3.15. The number of nitrogens with zero attached hydrogens (tertiary/aromatic N) is 1. The molecule has 0 radical (unpaired) electrons. The number of rotatable bonds is 2. The first-order valence-electron chi connectivity index (χ1n) is 6.78. The second-order valence-corrected chi connectivity index (χ2v) is 5.97. The highest BCUT2D eigenvalue weighted by molar-refractivity contribution is 9.10. The van der Waals surface area contributed by atoms with Gasteiger partial charge in [0.2, 0.25) is 0 Å². The highest BCUT2D eigenvalue weighted by Crippen LogP contribution is 2.31. The van der Waals surface area contributed by atoms with Gasteiger partial charge >= 0.3 is 0 Å². The van der Waals surface area contributed by atoms with E-state index in [9.17, 15) is 0 Å². The molecular formula is C15H18BrN3. The molecule has 2 heterocycles. The Morgan fingerprint density at radius 3 is 2.89 bits per heavy atom. The molecule has 19 heavy (non-hydrogen) atoms. The quantitative estimate of drug-likeness (QED) is 0.887. The van der Waals surface area contributed by atoms with Crippen molar-refractivity contribution in [3.8, 4) is 11.3 Å². The zero-order valence-electron chi connectivity index (χ0n) is 11.0. The maximum atomic E-state index is 4.84. The number of imidazole rings is 1. The molecule has 0 aliphatic carbocycles. The first-order chi connectivity index (χ1) is 9.25.